The number of carbonyl (C=O) groups excluding carboxylic acids is 1. The van der Waals surface area contributed by atoms with Crippen LogP contribution in [0.5, 0.6) is 0 Å². The van der Waals surface area contributed by atoms with Crippen LogP contribution in [0.15, 0.2) is 60.8 Å². The van der Waals surface area contributed by atoms with E-state index in [1.54, 1.807) is 6.92 Å². The molecule has 0 aromatic rings. The Bertz CT molecular complexity index is 865. The van der Waals surface area contributed by atoms with Gasteiger partial charge in [0.25, 0.3) is 0 Å². The summed E-state index contributed by atoms with van der Waals surface area (Å²) in [5.74, 6) is -0.411. The van der Waals surface area contributed by atoms with Gasteiger partial charge < -0.3 is 39.4 Å². The number of aliphatic hydroxyl groups excluding tert-OH is 4. The monoisotopic (exact) mass is 636 g/mol. The number of allylic oxidation sites excluding steroid dienone is 10. The normalized spacial score (nSPS) is 23.4. The molecule has 1 aliphatic rings. The van der Waals surface area contributed by atoms with Crippen molar-refractivity contribution < 1.29 is 44.2 Å². The first-order valence-corrected chi connectivity index (χ1v) is 16.9. The molecule has 1 saturated heterocycles. The molecule has 4 N–H and O–H groups in total. The lowest BCUT2D eigenvalue weighted by Gasteiger charge is -2.39. The summed E-state index contributed by atoms with van der Waals surface area (Å²) in [6.07, 6.45) is 27.7. The number of carbonyl (C=O) groups is 1. The molecule has 6 unspecified atom stereocenters. The smallest absolute Gasteiger partial charge is 0.305 e. The lowest BCUT2D eigenvalue weighted by atomic mass is 9.99. The summed E-state index contributed by atoms with van der Waals surface area (Å²) < 4.78 is 22.0. The van der Waals surface area contributed by atoms with Crippen LogP contribution in [0.1, 0.15) is 97.3 Å². The molecule has 1 aliphatic heterocycles. The van der Waals surface area contributed by atoms with Gasteiger partial charge in [-0.2, -0.15) is 0 Å². The topological polar surface area (TPSA) is 135 Å². The van der Waals surface area contributed by atoms with E-state index in [4.69, 9.17) is 18.9 Å². The first kappa shape index (κ1) is 40.9. The number of hydrogen-bond acceptors (Lipinski definition) is 9. The Balaban J connectivity index is 2.08. The average Bonchev–Trinajstić information content (AvgIpc) is 3.04. The fourth-order valence-corrected chi connectivity index (χ4v) is 4.55. The van der Waals surface area contributed by atoms with Crippen molar-refractivity contribution in [1.29, 1.82) is 0 Å². The molecule has 0 aromatic heterocycles. The van der Waals surface area contributed by atoms with Gasteiger partial charge in [-0.1, -0.05) is 100 Å². The minimum atomic E-state index is -1.54. The third-order valence-corrected chi connectivity index (χ3v) is 7.25. The minimum Gasteiger partial charge on any atom is -0.457 e. The van der Waals surface area contributed by atoms with Crippen molar-refractivity contribution in [2.24, 2.45) is 0 Å². The van der Waals surface area contributed by atoms with Crippen LogP contribution in [0, 0.1) is 0 Å². The molecule has 1 heterocycles. The summed E-state index contributed by atoms with van der Waals surface area (Å²) in [6.45, 7) is 3.80. The second-order valence-electron chi connectivity index (χ2n) is 11.2. The number of hydrogen-bond donors (Lipinski definition) is 4. The van der Waals surface area contributed by atoms with Crippen molar-refractivity contribution in [1.82, 2.24) is 0 Å². The van der Waals surface area contributed by atoms with Crippen LogP contribution in [0.3, 0.4) is 0 Å². The number of esters is 1. The molecule has 9 heteroatoms. The Labute approximate surface area is 271 Å². The Morgan fingerprint density at radius 2 is 1.27 bits per heavy atom. The largest absolute Gasteiger partial charge is 0.457 e. The van der Waals surface area contributed by atoms with Gasteiger partial charge in [0.05, 0.1) is 19.8 Å². The van der Waals surface area contributed by atoms with Crippen LogP contribution in [0.25, 0.3) is 0 Å². The van der Waals surface area contributed by atoms with E-state index in [0.717, 1.165) is 57.8 Å². The maximum atomic E-state index is 11.8. The molecule has 0 aromatic carbocycles. The van der Waals surface area contributed by atoms with Gasteiger partial charge in [-0.05, 0) is 51.4 Å². The Hall–Kier alpha value is -2.11. The van der Waals surface area contributed by atoms with Crippen molar-refractivity contribution in [3.8, 4) is 0 Å². The van der Waals surface area contributed by atoms with Crippen LogP contribution in [-0.2, 0) is 23.7 Å². The maximum absolute atomic E-state index is 11.8. The fraction of sp³-hybridized carbons (Fsp3) is 0.694. The number of unbranched alkanes of at least 4 members (excludes halogenated alkanes) is 6. The van der Waals surface area contributed by atoms with Crippen molar-refractivity contribution >= 4 is 5.97 Å². The highest BCUT2D eigenvalue weighted by molar-refractivity contribution is 5.69. The number of rotatable bonds is 26. The molecule has 1 rings (SSSR count). The van der Waals surface area contributed by atoms with E-state index in [0.29, 0.717) is 6.61 Å². The van der Waals surface area contributed by atoms with E-state index >= 15 is 0 Å². The lowest BCUT2D eigenvalue weighted by molar-refractivity contribution is -0.305. The highest BCUT2D eigenvalue weighted by atomic mass is 16.7. The van der Waals surface area contributed by atoms with E-state index in [1.807, 2.05) is 0 Å². The third-order valence-electron chi connectivity index (χ3n) is 7.25. The molecule has 0 saturated carbocycles. The summed E-state index contributed by atoms with van der Waals surface area (Å²) in [6, 6.07) is 0. The second kappa shape index (κ2) is 28.1. The van der Waals surface area contributed by atoms with Crippen molar-refractivity contribution in [3.63, 3.8) is 0 Å². The van der Waals surface area contributed by atoms with Crippen LogP contribution in [0.2, 0.25) is 0 Å². The summed E-state index contributed by atoms with van der Waals surface area (Å²) in [7, 11) is 0. The SMILES string of the molecule is CC/C=C\C/C=C\C/C=C\C/C=C\C/C=C\CCCCCCCCOCC(COC1OC(CO)C(O)C(O)C1O)OC(=O)CC. The van der Waals surface area contributed by atoms with Crippen molar-refractivity contribution in [3.05, 3.63) is 60.8 Å². The van der Waals surface area contributed by atoms with Crippen LogP contribution < -0.4 is 0 Å². The summed E-state index contributed by atoms with van der Waals surface area (Å²) in [5.41, 5.74) is 0. The quantitative estimate of drug-likeness (QED) is 0.0542. The van der Waals surface area contributed by atoms with E-state index < -0.39 is 49.4 Å². The summed E-state index contributed by atoms with van der Waals surface area (Å²) in [5, 5.41) is 39.3. The molecule has 9 nitrogen and oxygen atoms in total. The van der Waals surface area contributed by atoms with Gasteiger partial charge in [-0.15, -0.1) is 0 Å². The predicted molar refractivity (Wildman–Crippen MR) is 177 cm³/mol. The van der Waals surface area contributed by atoms with Crippen molar-refractivity contribution in [2.45, 2.75) is 134 Å². The zero-order chi connectivity index (χ0) is 33.0. The summed E-state index contributed by atoms with van der Waals surface area (Å²) in [4.78, 5) is 11.8. The zero-order valence-corrected chi connectivity index (χ0v) is 27.6. The lowest BCUT2D eigenvalue weighted by Crippen LogP contribution is -2.59. The predicted octanol–water partition coefficient (Wildman–Crippen LogP) is 5.62. The first-order chi connectivity index (χ1) is 21.9. The molecule has 1 fully saturated rings. The van der Waals surface area contributed by atoms with Crippen LogP contribution in [0.4, 0.5) is 0 Å². The van der Waals surface area contributed by atoms with E-state index in [-0.39, 0.29) is 19.6 Å². The molecule has 6 atom stereocenters. The zero-order valence-electron chi connectivity index (χ0n) is 27.6. The van der Waals surface area contributed by atoms with Gasteiger partial charge in [0.15, 0.2) is 6.29 Å². The molecule has 0 spiro atoms. The first-order valence-electron chi connectivity index (χ1n) is 16.9. The maximum Gasteiger partial charge on any atom is 0.305 e. The third kappa shape index (κ3) is 20.6. The van der Waals surface area contributed by atoms with Gasteiger partial charge in [0, 0.05) is 13.0 Å². The standard InChI is InChI=1S/C36H60O9/c1-3-5-6-7-8-9-10-11-12-13-14-15-16-17-18-19-20-21-22-23-24-25-26-42-28-30(44-32(38)4-2)29-43-36-35(41)34(40)33(39)31(27-37)45-36/h5-6,8-9,11-12,14-15,17-18,30-31,33-37,39-41H,3-4,7,10,13,16,19-29H2,1-2H3/b6-5-,9-8-,12-11-,15-14-,18-17-. The van der Waals surface area contributed by atoms with Gasteiger partial charge in [0.2, 0.25) is 0 Å². The van der Waals surface area contributed by atoms with Gasteiger partial charge >= 0.3 is 5.97 Å². The molecular formula is C36H60O9. The fourth-order valence-electron chi connectivity index (χ4n) is 4.55. The van der Waals surface area contributed by atoms with E-state index in [2.05, 4.69) is 67.7 Å². The minimum absolute atomic E-state index is 0.121. The highest BCUT2D eigenvalue weighted by Crippen LogP contribution is 2.22. The Morgan fingerprint density at radius 3 is 1.84 bits per heavy atom. The molecule has 0 radical (unpaired) electrons. The van der Waals surface area contributed by atoms with Crippen molar-refractivity contribution in [2.75, 3.05) is 26.4 Å². The molecule has 0 bridgehead atoms. The Morgan fingerprint density at radius 1 is 0.711 bits per heavy atom. The molecule has 258 valence electrons. The molecular weight excluding hydrogens is 576 g/mol. The molecule has 0 amide bonds. The van der Waals surface area contributed by atoms with E-state index in [9.17, 15) is 25.2 Å². The highest BCUT2D eigenvalue weighted by Gasteiger charge is 2.44. The van der Waals surface area contributed by atoms with Gasteiger partial charge in [-0.25, -0.2) is 0 Å². The van der Waals surface area contributed by atoms with E-state index in [1.165, 1.54) is 19.3 Å². The average molecular weight is 637 g/mol. The number of aliphatic hydroxyl groups is 4. The molecule has 0 aliphatic carbocycles. The molecule has 45 heavy (non-hydrogen) atoms. The van der Waals surface area contributed by atoms with Gasteiger partial charge in [-0.3, -0.25) is 4.79 Å². The van der Waals surface area contributed by atoms with Gasteiger partial charge in [0.1, 0.15) is 30.5 Å². The van der Waals surface area contributed by atoms with Crippen LogP contribution >= 0.6 is 0 Å². The summed E-state index contributed by atoms with van der Waals surface area (Å²) >= 11 is 0. The second-order valence-corrected chi connectivity index (χ2v) is 11.2. The van der Waals surface area contributed by atoms with Crippen LogP contribution in [-0.4, -0.2) is 89.6 Å². The number of ether oxygens (including phenoxy) is 4. The Kier molecular flexibility index (Phi) is 25.6.